The Morgan fingerprint density at radius 1 is 1.19 bits per heavy atom. The van der Waals surface area contributed by atoms with Crippen LogP contribution in [0.1, 0.15) is 26.2 Å². The summed E-state index contributed by atoms with van der Waals surface area (Å²) in [4.78, 5) is 11.1. The van der Waals surface area contributed by atoms with Crippen LogP contribution in [0.25, 0.3) is 11.1 Å². The zero-order valence-corrected chi connectivity index (χ0v) is 14.7. The van der Waals surface area contributed by atoms with Crippen molar-refractivity contribution in [3.8, 4) is 22.6 Å². The Kier molecular flexibility index (Phi) is 5.58. The van der Waals surface area contributed by atoms with Gasteiger partial charge in [0.15, 0.2) is 23.4 Å². The topological polar surface area (TPSA) is 55.8 Å². The van der Waals surface area contributed by atoms with Crippen molar-refractivity contribution in [2.75, 3.05) is 6.61 Å². The van der Waals surface area contributed by atoms with Gasteiger partial charge < -0.3 is 14.6 Å². The lowest BCUT2D eigenvalue weighted by molar-refractivity contribution is -0.145. The fourth-order valence-electron chi connectivity index (χ4n) is 2.61. The average Bonchev–Trinajstić information content (AvgIpc) is 3.45. The predicted octanol–water partition coefficient (Wildman–Crippen LogP) is 4.80. The van der Waals surface area contributed by atoms with E-state index in [4.69, 9.17) is 14.6 Å². The predicted molar refractivity (Wildman–Crippen MR) is 92.3 cm³/mol. The van der Waals surface area contributed by atoms with E-state index >= 15 is 4.39 Å². The second kappa shape index (κ2) is 7.90. The molecule has 1 unspecified atom stereocenters. The van der Waals surface area contributed by atoms with Gasteiger partial charge in [-0.25, -0.2) is 13.6 Å². The fraction of sp³-hybridized carbons (Fsp3) is 0.350. The van der Waals surface area contributed by atoms with Crippen LogP contribution in [0.2, 0.25) is 0 Å². The van der Waals surface area contributed by atoms with E-state index in [1.807, 2.05) is 0 Å². The highest BCUT2D eigenvalue weighted by molar-refractivity contribution is 5.74. The van der Waals surface area contributed by atoms with Crippen molar-refractivity contribution in [1.29, 1.82) is 0 Å². The standard InChI is InChI=1S/C20H19F3O4/c1-2-16(20(24)25)27-19-15(22)9-14(12-5-7-13(21)8-6-12)18(17(19)23)26-10-11-3-4-11/h5-9,11,16H,2-4,10H2,1H3,(H,24,25). The van der Waals surface area contributed by atoms with E-state index in [-0.39, 0.29) is 24.3 Å². The van der Waals surface area contributed by atoms with E-state index in [1.54, 1.807) is 0 Å². The third-order valence-electron chi connectivity index (χ3n) is 4.35. The summed E-state index contributed by atoms with van der Waals surface area (Å²) in [5.41, 5.74) is 0.484. The first-order valence-corrected chi connectivity index (χ1v) is 8.70. The van der Waals surface area contributed by atoms with Gasteiger partial charge in [-0.15, -0.1) is 0 Å². The van der Waals surface area contributed by atoms with Crippen molar-refractivity contribution in [2.45, 2.75) is 32.3 Å². The van der Waals surface area contributed by atoms with Gasteiger partial charge in [0.25, 0.3) is 0 Å². The van der Waals surface area contributed by atoms with Gasteiger partial charge in [-0.2, -0.15) is 4.39 Å². The molecule has 0 aliphatic heterocycles. The molecule has 1 atom stereocenters. The minimum Gasteiger partial charge on any atom is -0.489 e. The first-order valence-electron chi connectivity index (χ1n) is 8.70. The Bertz CT molecular complexity index is 832. The zero-order valence-electron chi connectivity index (χ0n) is 14.7. The van der Waals surface area contributed by atoms with Crippen molar-refractivity contribution in [3.05, 3.63) is 47.8 Å². The molecule has 3 rings (SSSR count). The highest BCUT2D eigenvalue weighted by atomic mass is 19.1. The fourth-order valence-corrected chi connectivity index (χ4v) is 2.61. The monoisotopic (exact) mass is 380 g/mol. The van der Waals surface area contributed by atoms with Crippen molar-refractivity contribution >= 4 is 5.97 Å². The van der Waals surface area contributed by atoms with Gasteiger partial charge in [0.05, 0.1) is 6.61 Å². The lowest BCUT2D eigenvalue weighted by atomic mass is 10.0. The number of hydrogen-bond acceptors (Lipinski definition) is 3. The summed E-state index contributed by atoms with van der Waals surface area (Å²) in [5.74, 6) is -4.67. The quantitative estimate of drug-likeness (QED) is 0.715. The Labute approximate surface area is 154 Å². The maximum absolute atomic E-state index is 15.0. The molecule has 1 aliphatic carbocycles. The van der Waals surface area contributed by atoms with Gasteiger partial charge in [0.2, 0.25) is 5.82 Å². The third kappa shape index (κ3) is 4.35. The highest BCUT2D eigenvalue weighted by Crippen LogP contribution is 2.41. The molecule has 144 valence electrons. The van der Waals surface area contributed by atoms with Crippen molar-refractivity contribution in [2.24, 2.45) is 5.92 Å². The molecule has 1 fully saturated rings. The van der Waals surface area contributed by atoms with Gasteiger partial charge in [0.1, 0.15) is 5.82 Å². The molecule has 1 aliphatic rings. The highest BCUT2D eigenvalue weighted by Gasteiger charge is 2.28. The minimum atomic E-state index is -1.39. The van der Waals surface area contributed by atoms with E-state index in [0.29, 0.717) is 11.5 Å². The molecule has 27 heavy (non-hydrogen) atoms. The number of carboxylic acids is 1. The van der Waals surface area contributed by atoms with Gasteiger partial charge in [0, 0.05) is 5.56 Å². The SMILES string of the molecule is CCC(Oc1c(F)cc(-c2ccc(F)cc2)c(OCC2CC2)c1F)C(=O)O. The van der Waals surface area contributed by atoms with E-state index < -0.39 is 35.3 Å². The van der Waals surface area contributed by atoms with E-state index in [9.17, 15) is 13.6 Å². The summed E-state index contributed by atoms with van der Waals surface area (Å²) in [5, 5.41) is 9.09. The Morgan fingerprint density at radius 2 is 1.85 bits per heavy atom. The maximum atomic E-state index is 15.0. The van der Waals surface area contributed by atoms with Crippen LogP contribution in [0.4, 0.5) is 13.2 Å². The van der Waals surface area contributed by atoms with E-state index in [0.717, 1.165) is 18.9 Å². The molecular formula is C20H19F3O4. The number of carboxylic acid groups (broad SMARTS) is 1. The maximum Gasteiger partial charge on any atom is 0.344 e. The van der Waals surface area contributed by atoms with Crippen molar-refractivity contribution in [1.82, 2.24) is 0 Å². The minimum absolute atomic E-state index is 0.0339. The van der Waals surface area contributed by atoms with Gasteiger partial charge >= 0.3 is 5.97 Å². The summed E-state index contributed by atoms with van der Waals surface area (Å²) < 4.78 is 53.4. The van der Waals surface area contributed by atoms with Gasteiger partial charge in [-0.05, 0) is 48.9 Å². The van der Waals surface area contributed by atoms with Crippen molar-refractivity contribution in [3.63, 3.8) is 0 Å². The number of aliphatic carboxylic acids is 1. The normalized spacial score (nSPS) is 14.7. The molecule has 4 nitrogen and oxygen atoms in total. The van der Waals surface area contributed by atoms with Crippen LogP contribution in [0.5, 0.6) is 11.5 Å². The van der Waals surface area contributed by atoms with Gasteiger partial charge in [-0.3, -0.25) is 0 Å². The molecule has 0 spiro atoms. The second-order valence-electron chi connectivity index (χ2n) is 6.49. The molecule has 0 bridgehead atoms. The average molecular weight is 380 g/mol. The van der Waals surface area contributed by atoms with Crippen LogP contribution >= 0.6 is 0 Å². The molecular weight excluding hydrogens is 361 g/mol. The second-order valence-corrected chi connectivity index (χ2v) is 6.49. The Morgan fingerprint density at radius 3 is 2.41 bits per heavy atom. The van der Waals surface area contributed by atoms with E-state index in [2.05, 4.69) is 0 Å². The Balaban J connectivity index is 2.04. The van der Waals surface area contributed by atoms with Crippen LogP contribution in [0.15, 0.2) is 30.3 Å². The van der Waals surface area contributed by atoms with Crippen LogP contribution in [0.3, 0.4) is 0 Å². The molecule has 0 radical (unpaired) electrons. The smallest absolute Gasteiger partial charge is 0.344 e. The lowest BCUT2D eigenvalue weighted by Crippen LogP contribution is -2.27. The molecule has 1 saturated carbocycles. The molecule has 0 heterocycles. The van der Waals surface area contributed by atoms with Crippen LogP contribution in [-0.4, -0.2) is 23.8 Å². The zero-order chi connectivity index (χ0) is 19.6. The summed E-state index contributed by atoms with van der Waals surface area (Å²) in [6.07, 6.45) is 0.581. The Hall–Kier alpha value is -2.70. The third-order valence-corrected chi connectivity index (χ3v) is 4.35. The number of ether oxygens (including phenoxy) is 2. The molecule has 0 saturated heterocycles. The summed E-state index contributed by atoms with van der Waals surface area (Å²) in [6, 6.07) is 6.15. The summed E-state index contributed by atoms with van der Waals surface area (Å²) >= 11 is 0. The van der Waals surface area contributed by atoms with Crippen molar-refractivity contribution < 1.29 is 32.5 Å². The lowest BCUT2D eigenvalue weighted by Gasteiger charge is -2.19. The number of halogens is 3. The first kappa shape index (κ1) is 19.1. The molecule has 1 N–H and O–H groups in total. The van der Waals surface area contributed by atoms with Crippen LogP contribution < -0.4 is 9.47 Å². The molecule has 7 heteroatoms. The number of rotatable bonds is 8. The molecule has 2 aromatic carbocycles. The largest absolute Gasteiger partial charge is 0.489 e. The number of carbonyl (C=O) groups is 1. The number of benzene rings is 2. The van der Waals surface area contributed by atoms with Crippen LogP contribution in [0, 0.1) is 23.4 Å². The van der Waals surface area contributed by atoms with Crippen LogP contribution in [-0.2, 0) is 4.79 Å². The molecule has 0 aromatic heterocycles. The molecule has 2 aromatic rings. The number of hydrogen-bond donors (Lipinski definition) is 1. The summed E-state index contributed by atoms with van der Waals surface area (Å²) in [6.45, 7) is 1.79. The summed E-state index contributed by atoms with van der Waals surface area (Å²) in [7, 11) is 0. The molecule has 0 amide bonds. The first-order chi connectivity index (χ1) is 12.9. The van der Waals surface area contributed by atoms with E-state index in [1.165, 1.54) is 31.2 Å². The van der Waals surface area contributed by atoms with Gasteiger partial charge in [-0.1, -0.05) is 19.1 Å².